The van der Waals surface area contributed by atoms with Gasteiger partial charge in [-0.05, 0) is 37.5 Å². The van der Waals surface area contributed by atoms with Gasteiger partial charge in [-0.3, -0.25) is 4.79 Å². The average molecular weight is 295 g/mol. The number of halogens is 4. The van der Waals surface area contributed by atoms with Crippen molar-refractivity contribution in [2.24, 2.45) is 0 Å². The zero-order valence-electron chi connectivity index (χ0n) is 10.6. The Morgan fingerprint density at radius 1 is 1.42 bits per heavy atom. The molecule has 1 aromatic carbocycles. The standard InChI is InChI=1S/C13H14ClF3O2/c1-3-19-12(18)11(14)7-9-5-4-8(2)10(6-9)13(15,16)17/h4-6,11H,3,7H2,1-2H3. The molecule has 2 nitrogen and oxygen atoms in total. The Hall–Kier alpha value is -1.23. The van der Waals surface area contributed by atoms with Gasteiger partial charge in [0.25, 0.3) is 0 Å². The number of carbonyl (C=O) groups is 1. The van der Waals surface area contributed by atoms with E-state index < -0.39 is 23.1 Å². The molecule has 0 bridgehead atoms. The van der Waals surface area contributed by atoms with Gasteiger partial charge in [0.2, 0.25) is 0 Å². The molecule has 0 N–H and O–H groups in total. The maximum absolute atomic E-state index is 12.7. The maximum atomic E-state index is 12.7. The molecule has 0 spiro atoms. The summed E-state index contributed by atoms with van der Waals surface area (Å²) in [4.78, 5) is 11.3. The second-order valence-corrected chi connectivity index (χ2v) is 4.60. The lowest BCUT2D eigenvalue weighted by Gasteiger charge is -2.13. The van der Waals surface area contributed by atoms with Crippen molar-refractivity contribution >= 4 is 17.6 Å². The first-order valence-corrected chi connectivity index (χ1v) is 6.16. The van der Waals surface area contributed by atoms with Gasteiger partial charge in [-0.1, -0.05) is 12.1 Å². The number of hydrogen-bond donors (Lipinski definition) is 0. The molecule has 6 heteroatoms. The molecule has 1 aromatic rings. The lowest BCUT2D eigenvalue weighted by atomic mass is 10.0. The predicted molar refractivity (Wildman–Crippen MR) is 66.2 cm³/mol. The van der Waals surface area contributed by atoms with Crippen LogP contribution in [-0.4, -0.2) is 18.0 Å². The summed E-state index contributed by atoms with van der Waals surface area (Å²) < 4.78 is 42.9. The van der Waals surface area contributed by atoms with Crippen LogP contribution in [0, 0.1) is 6.92 Å². The van der Waals surface area contributed by atoms with Crippen LogP contribution >= 0.6 is 11.6 Å². The van der Waals surface area contributed by atoms with E-state index >= 15 is 0 Å². The molecular formula is C13H14ClF3O2. The molecule has 0 aliphatic rings. The lowest BCUT2D eigenvalue weighted by molar-refractivity contribution is -0.142. The largest absolute Gasteiger partial charge is 0.465 e. The summed E-state index contributed by atoms with van der Waals surface area (Å²) in [6, 6.07) is 3.91. The minimum Gasteiger partial charge on any atom is -0.465 e. The zero-order valence-corrected chi connectivity index (χ0v) is 11.3. The average Bonchev–Trinajstić information content (AvgIpc) is 2.30. The third kappa shape index (κ3) is 4.42. The Labute approximate surface area is 114 Å². The molecule has 0 saturated heterocycles. The topological polar surface area (TPSA) is 26.3 Å². The van der Waals surface area contributed by atoms with Crippen molar-refractivity contribution in [3.8, 4) is 0 Å². The van der Waals surface area contributed by atoms with E-state index in [4.69, 9.17) is 16.3 Å². The van der Waals surface area contributed by atoms with Crippen LogP contribution in [0.15, 0.2) is 18.2 Å². The minimum atomic E-state index is -4.41. The number of benzene rings is 1. The summed E-state index contributed by atoms with van der Waals surface area (Å²) in [5, 5.41) is -0.983. The summed E-state index contributed by atoms with van der Waals surface area (Å²) in [6.45, 7) is 3.20. The molecule has 1 rings (SSSR count). The SMILES string of the molecule is CCOC(=O)C(Cl)Cc1ccc(C)c(C(F)(F)F)c1. The molecule has 0 radical (unpaired) electrons. The van der Waals surface area contributed by atoms with Crippen molar-refractivity contribution in [3.63, 3.8) is 0 Å². The monoisotopic (exact) mass is 294 g/mol. The van der Waals surface area contributed by atoms with Crippen LogP contribution in [0.2, 0.25) is 0 Å². The number of carbonyl (C=O) groups excluding carboxylic acids is 1. The van der Waals surface area contributed by atoms with Crippen molar-refractivity contribution in [1.82, 2.24) is 0 Å². The summed E-state index contributed by atoms with van der Waals surface area (Å²) >= 11 is 5.80. The molecule has 0 heterocycles. The highest BCUT2D eigenvalue weighted by Crippen LogP contribution is 2.32. The van der Waals surface area contributed by atoms with Crippen LogP contribution in [0.3, 0.4) is 0 Å². The van der Waals surface area contributed by atoms with Crippen molar-refractivity contribution in [3.05, 3.63) is 34.9 Å². The van der Waals surface area contributed by atoms with E-state index in [0.29, 0.717) is 5.56 Å². The van der Waals surface area contributed by atoms with E-state index in [1.165, 1.54) is 19.1 Å². The molecule has 0 aliphatic heterocycles. The Morgan fingerprint density at radius 3 is 2.58 bits per heavy atom. The van der Waals surface area contributed by atoms with Crippen molar-refractivity contribution in [1.29, 1.82) is 0 Å². The first kappa shape index (κ1) is 15.8. The van der Waals surface area contributed by atoms with Gasteiger partial charge in [0.1, 0.15) is 5.38 Å². The molecule has 0 aromatic heterocycles. The second-order valence-electron chi connectivity index (χ2n) is 4.07. The Morgan fingerprint density at radius 2 is 2.05 bits per heavy atom. The first-order valence-electron chi connectivity index (χ1n) is 5.73. The van der Waals surface area contributed by atoms with Crippen LogP contribution < -0.4 is 0 Å². The van der Waals surface area contributed by atoms with Crippen molar-refractivity contribution in [2.45, 2.75) is 31.8 Å². The predicted octanol–water partition coefficient (Wildman–Crippen LogP) is 3.73. The number of aryl methyl sites for hydroxylation is 1. The van der Waals surface area contributed by atoms with E-state index in [2.05, 4.69) is 0 Å². The number of rotatable bonds is 4. The number of esters is 1. The molecule has 0 fully saturated rings. The first-order chi connectivity index (χ1) is 8.75. The number of alkyl halides is 4. The van der Waals surface area contributed by atoms with Gasteiger partial charge in [0, 0.05) is 0 Å². The summed E-state index contributed by atoms with van der Waals surface area (Å²) in [5.74, 6) is -0.627. The van der Waals surface area contributed by atoms with E-state index in [9.17, 15) is 18.0 Å². The van der Waals surface area contributed by atoms with Gasteiger partial charge < -0.3 is 4.74 Å². The van der Waals surface area contributed by atoms with E-state index in [1.807, 2.05) is 0 Å². The second kappa shape index (κ2) is 6.28. The Balaban J connectivity index is 2.89. The van der Waals surface area contributed by atoms with Crippen molar-refractivity contribution < 1.29 is 22.7 Å². The van der Waals surface area contributed by atoms with Gasteiger partial charge in [-0.2, -0.15) is 13.2 Å². The highest BCUT2D eigenvalue weighted by molar-refractivity contribution is 6.30. The van der Waals surface area contributed by atoms with Crippen LogP contribution in [0.5, 0.6) is 0 Å². The Bertz CT molecular complexity index is 458. The van der Waals surface area contributed by atoms with Gasteiger partial charge in [-0.15, -0.1) is 11.6 Å². The lowest BCUT2D eigenvalue weighted by Crippen LogP contribution is -2.20. The van der Waals surface area contributed by atoms with E-state index in [-0.39, 0.29) is 18.6 Å². The van der Waals surface area contributed by atoms with Crippen LogP contribution in [0.1, 0.15) is 23.6 Å². The fourth-order valence-corrected chi connectivity index (χ4v) is 1.87. The molecule has 0 aliphatic carbocycles. The Kier molecular flexibility index (Phi) is 5.23. The van der Waals surface area contributed by atoms with Gasteiger partial charge in [0.15, 0.2) is 0 Å². The van der Waals surface area contributed by atoms with Crippen LogP contribution in [0.25, 0.3) is 0 Å². The highest BCUT2D eigenvalue weighted by atomic mass is 35.5. The van der Waals surface area contributed by atoms with Gasteiger partial charge in [-0.25, -0.2) is 0 Å². The summed E-state index contributed by atoms with van der Waals surface area (Å²) in [6.07, 6.45) is -4.41. The third-order valence-electron chi connectivity index (χ3n) is 2.56. The van der Waals surface area contributed by atoms with E-state index in [1.54, 1.807) is 6.92 Å². The molecule has 1 atom stereocenters. The minimum absolute atomic E-state index is 0.00372. The normalized spacial score (nSPS) is 13.2. The summed E-state index contributed by atoms with van der Waals surface area (Å²) in [5.41, 5.74) is -0.220. The molecule has 0 amide bonds. The highest BCUT2D eigenvalue weighted by Gasteiger charge is 2.32. The van der Waals surface area contributed by atoms with Gasteiger partial charge >= 0.3 is 12.1 Å². The maximum Gasteiger partial charge on any atom is 0.416 e. The number of ether oxygens (including phenoxy) is 1. The van der Waals surface area contributed by atoms with Crippen LogP contribution in [0.4, 0.5) is 13.2 Å². The molecule has 1 unspecified atom stereocenters. The molecular weight excluding hydrogens is 281 g/mol. The fourth-order valence-electron chi connectivity index (χ4n) is 1.62. The van der Waals surface area contributed by atoms with Crippen LogP contribution in [-0.2, 0) is 22.1 Å². The molecule has 0 saturated carbocycles. The van der Waals surface area contributed by atoms with Crippen molar-refractivity contribution in [2.75, 3.05) is 6.61 Å². The quantitative estimate of drug-likeness (QED) is 0.625. The third-order valence-corrected chi connectivity index (χ3v) is 2.90. The molecule has 19 heavy (non-hydrogen) atoms. The van der Waals surface area contributed by atoms with Gasteiger partial charge in [0.05, 0.1) is 12.2 Å². The van der Waals surface area contributed by atoms with E-state index in [0.717, 1.165) is 6.07 Å². The zero-order chi connectivity index (χ0) is 14.6. The number of hydrogen-bond acceptors (Lipinski definition) is 2. The fraction of sp³-hybridized carbons (Fsp3) is 0.462. The molecule has 106 valence electrons. The summed E-state index contributed by atoms with van der Waals surface area (Å²) in [7, 11) is 0. The smallest absolute Gasteiger partial charge is 0.416 e.